The van der Waals surface area contributed by atoms with Crippen LogP contribution >= 0.6 is 0 Å². The lowest BCUT2D eigenvalue weighted by Crippen LogP contribution is -2.37. The van der Waals surface area contributed by atoms with Crippen LogP contribution in [0.25, 0.3) is 0 Å². The molecule has 2 rings (SSSR count). The van der Waals surface area contributed by atoms with Crippen molar-refractivity contribution in [2.75, 3.05) is 6.54 Å². The van der Waals surface area contributed by atoms with Crippen molar-refractivity contribution in [1.29, 1.82) is 5.26 Å². The predicted molar refractivity (Wildman–Crippen MR) is 62.4 cm³/mol. The topological polar surface area (TPSA) is 59.0 Å². The SMILES string of the molecule is N#Cc1cc(C(F)(F)F)ccc1OC1CC(CN)C1. The van der Waals surface area contributed by atoms with Gasteiger partial charge in [-0.25, -0.2) is 0 Å². The molecule has 6 heteroatoms. The van der Waals surface area contributed by atoms with Crippen LogP contribution in [0, 0.1) is 17.2 Å². The minimum Gasteiger partial charge on any atom is -0.489 e. The van der Waals surface area contributed by atoms with Crippen molar-refractivity contribution in [2.45, 2.75) is 25.1 Å². The molecule has 0 amide bonds. The number of nitrogens with two attached hydrogens (primary N) is 1. The maximum Gasteiger partial charge on any atom is 0.416 e. The zero-order valence-corrected chi connectivity index (χ0v) is 10.1. The van der Waals surface area contributed by atoms with Gasteiger partial charge in [0.1, 0.15) is 11.8 Å². The van der Waals surface area contributed by atoms with Gasteiger partial charge in [-0.15, -0.1) is 0 Å². The van der Waals surface area contributed by atoms with E-state index in [1.165, 1.54) is 6.07 Å². The van der Waals surface area contributed by atoms with E-state index in [9.17, 15) is 13.2 Å². The van der Waals surface area contributed by atoms with Crippen molar-refractivity contribution in [2.24, 2.45) is 11.7 Å². The molecule has 0 bridgehead atoms. The van der Waals surface area contributed by atoms with Crippen molar-refractivity contribution in [1.82, 2.24) is 0 Å². The van der Waals surface area contributed by atoms with Crippen molar-refractivity contribution in [3.63, 3.8) is 0 Å². The quantitative estimate of drug-likeness (QED) is 0.918. The highest BCUT2D eigenvalue weighted by molar-refractivity contribution is 5.46. The molecular weight excluding hydrogens is 257 g/mol. The van der Waals surface area contributed by atoms with Gasteiger partial charge in [0.05, 0.1) is 17.2 Å². The Balaban J connectivity index is 2.12. The first-order valence-electron chi connectivity index (χ1n) is 5.92. The standard InChI is InChI=1S/C13H13F3N2O/c14-13(15,16)10-1-2-12(9(5-10)7-18)19-11-3-8(4-11)6-17/h1-2,5,8,11H,3-4,6,17H2. The summed E-state index contributed by atoms with van der Waals surface area (Å²) in [6, 6.07) is 4.68. The first kappa shape index (κ1) is 13.7. The summed E-state index contributed by atoms with van der Waals surface area (Å²) in [5.41, 5.74) is 4.55. The number of nitrogens with zero attached hydrogens (tertiary/aromatic N) is 1. The number of hydrogen-bond acceptors (Lipinski definition) is 3. The fourth-order valence-corrected chi connectivity index (χ4v) is 2.04. The molecule has 0 aliphatic heterocycles. The Hall–Kier alpha value is -1.74. The highest BCUT2D eigenvalue weighted by Crippen LogP contribution is 2.35. The van der Waals surface area contributed by atoms with E-state index in [-0.39, 0.29) is 17.4 Å². The largest absolute Gasteiger partial charge is 0.489 e. The third kappa shape index (κ3) is 2.99. The van der Waals surface area contributed by atoms with E-state index in [1.54, 1.807) is 6.07 Å². The monoisotopic (exact) mass is 270 g/mol. The molecule has 1 aromatic rings. The van der Waals surface area contributed by atoms with Gasteiger partial charge in [-0.3, -0.25) is 0 Å². The third-order valence-electron chi connectivity index (χ3n) is 3.25. The predicted octanol–water partition coefficient (Wildman–Crippen LogP) is 2.69. The fraction of sp³-hybridized carbons (Fsp3) is 0.462. The number of hydrogen-bond donors (Lipinski definition) is 1. The average molecular weight is 270 g/mol. The van der Waals surface area contributed by atoms with Crippen molar-refractivity contribution in [3.05, 3.63) is 29.3 Å². The number of benzene rings is 1. The maximum absolute atomic E-state index is 12.5. The minimum absolute atomic E-state index is 0.0580. The van der Waals surface area contributed by atoms with Gasteiger partial charge in [0, 0.05) is 0 Å². The van der Waals surface area contributed by atoms with Gasteiger partial charge in [0.25, 0.3) is 0 Å². The molecule has 0 heterocycles. The maximum atomic E-state index is 12.5. The van der Waals surface area contributed by atoms with Gasteiger partial charge in [-0.1, -0.05) is 0 Å². The van der Waals surface area contributed by atoms with Gasteiger partial charge >= 0.3 is 6.18 Å². The summed E-state index contributed by atoms with van der Waals surface area (Å²) in [6.45, 7) is 0.581. The highest BCUT2D eigenvalue weighted by Gasteiger charge is 2.33. The van der Waals surface area contributed by atoms with Gasteiger partial charge in [-0.2, -0.15) is 18.4 Å². The Kier molecular flexibility index (Phi) is 3.67. The van der Waals surface area contributed by atoms with E-state index in [0.717, 1.165) is 25.0 Å². The van der Waals surface area contributed by atoms with E-state index < -0.39 is 11.7 Å². The highest BCUT2D eigenvalue weighted by atomic mass is 19.4. The number of halogens is 3. The molecule has 0 atom stereocenters. The van der Waals surface area contributed by atoms with Crippen LogP contribution in [0.5, 0.6) is 5.75 Å². The van der Waals surface area contributed by atoms with Crippen LogP contribution < -0.4 is 10.5 Å². The molecule has 0 aromatic heterocycles. The molecular formula is C13H13F3N2O. The molecule has 19 heavy (non-hydrogen) atoms. The van der Waals surface area contributed by atoms with E-state index >= 15 is 0 Å². The molecule has 1 aliphatic carbocycles. The van der Waals surface area contributed by atoms with Gasteiger partial charge in [0.2, 0.25) is 0 Å². The van der Waals surface area contributed by atoms with E-state index in [0.29, 0.717) is 12.5 Å². The molecule has 1 aromatic carbocycles. The Morgan fingerprint density at radius 2 is 2.05 bits per heavy atom. The lowest BCUT2D eigenvalue weighted by Gasteiger charge is -2.34. The second-order valence-corrected chi connectivity index (χ2v) is 4.63. The summed E-state index contributed by atoms with van der Waals surface area (Å²) in [5, 5.41) is 8.89. The van der Waals surface area contributed by atoms with E-state index in [4.69, 9.17) is 15.7 Å². The molecule has 0 unspecified atom stereocenters. The summed E-state index contributed by atoms with van der Waals surface area (Å²) in [7, 11) is 0. The molecule has 102 valence electrons. The zero-order chi connectivity index (χ0) is 14.0. The van der Waals surface area contributed by atoms with E-state index in [2.05, 4.69) is 0 Å². The second-order valence-electron chi connectivity index (χ2n) is 4.63. The Morgan fingerprint density at radius 1 is 1.37 bits per heavy atom. The fourth-order valence-electron chi connectivity index (χ4n) is 2.04. The summed E-state index contributed by atoms with van der Waals surface area (Å²) in [4.78, 5) is 0. The summed E-state index contributed by atoms with van der Waals surface area (Å²) in [5.74, 6) is 0.612. The van der Waals surface area contributed by atoms with Crippen molar-refractivity contribution in [3.8, 4) is 11.8 Å². The Labute approximate surface area is 108 Å². The Morgan fingerprint density at radius 3 is 2.58 bits per heavy atom. The Bertz CT molecular complexity index is 502. The summed E-state index contributed by atoms with van der Waals surface area (Å²) in [6.07, 6.45) is -2.95. The lowest BCUT2D eigenvalue weighted by molar-refractivity contribution is -0.137. The van der Waals surface area contributed by atoms with Crippen molar-refractivity contribution >= 4 is 0 Å². The van der Waals surface area contributed by atoms with Gasteiger partial charge in [0.15, 0.2) is 0 Å². The molecule has 1 fully saturated rings. The third-order valence-corrected chi connectivity index (χ3v) is 3.25. The number of nitriles is 1. The molecule has 1 saturated carbocycles. The first-order valence-corrected chi connectivity index (χ1v) is 5.92. The average Bonchev–Trinajstić information content (AvgIpc) is 2.31. The molecule has 1 aliphatic rings. The van der Waals surface area contributed by atoms with Crippen LogP contribution in [0.3, 0.4) is 0 Å². The van der Waals surface area contributed by atoms with Gasteiger partial charge in [-0.05, 0) is 43.5 Å². The van der Waals surface area contributed by atoms with Crippen LogP contribution in [-0.2, 0) is 6.18 Å². The van der Waals surface area contributed by atoms with Crippen LogP contribution in [0.15, 0.2) is 18.2 Å². The zero-order valence-electron chi connectivity index (χ0n) is 10.1. The minimum atomic E-state index is -4.45. The number of ether oxygens (including phenoxy) is 1. The number of alkyl halides is 3. The molecule has 0 saturated heterocycles. The van der Waals surface area contributed by atoms with Gasteiger partial charge < -0.3 is 10.5 Å². The van der Waals surface area contributed by atoms with Crippen LogP contribution in [0.2, 0.25) is 0 Å². The molecule has 3 nitrogen and oxygen atoms in total. The van der Waals surface area contributed by atoms with Crippen LogP contribution in [0.4, 0.5) is 13.2 Å². The summed E-state index contributed by atoms with van der Waals surface area (Å²) >= 11 is 0. The number of rotatable bonds is 3. The van der Waals surface area contributed by atoms with Crippen LogP contribution in [-0.4, -0.2) is 12.6 Å². The second kappa shape index (κ2) is 5.10. The molecule has 0 spiro atoms. The lowest BCUT2D eigenvalue weighted by atomic mass is 9.82. The van der Waals surface area contributed by atoms with Crippen molar-refractivity contribution < 1.29 is 17.9 Å². The summed E-state index contributed by atoms with van der Waals surface area (Å²) < 4.78 is 43.1. The van der Waals surface area contributed by atoms with Crippen LogP contribution in [0.1, 0.15) is 24.0 Å². The van der Waals surface area contributed by atoms with E-state index in [1.807, 2.05) is 0 Å². The first-order chi connectivity index (χ1) is 8.94. The molecule has 2 N–H and O–H groups in total. The normalized spacial score (nSPS) is 22.5. The molecule has 0 radical (unpaired) electrons. The smallest absolute Gasteiger partial charge is 0.416 e.